The molecule has 1 heterocycles. The van der Waals surface area contributed by atoms with Crippen molar-refractivity contribution in [2.24, 2.45) is 12.8 Å². The zero-order valence-corrected chi connectivity index (χ0v) is 8.85. The van der Waals surface area contributed by atoms with Gasteiger partial charge in [-0.25, -0.2) is 0 Å². The molecular weight excluding hydrogens is 220 g/mol. The maximum absolute atomic E-state index is 5.33. The van der Waals surface area contributed by atoms with Gasteiger partial charge in [0.15, 0.2) is 0 Å². The molecule has 0 fully saturated rings. The monoisotopic (exact) mass is 232 g/mol. The molecule has 0 bridgehead atoms. The Hall–Kier alpha value is -0.390. The minimum atomic E-state index is 0.483. The molecule has 0 saturated heterocycles. The maximum atomic E-state index is 5.33. The summed E-state index contributed by atoms with van der Waals surface area (Å²) in [6.07, 6.45) is 0. The van der Waals surface area contributed by atoms with Crippen LogP contribution in [-0.2, 0) is 13.6 Å². The standard InChI is InChI=1S/C7H13BrN4/c1-5-7(8)6(3-10-4-9)12(2)11-5/h10H,3-4,9H2,1-2H3. The number of nitrogens with one attached hydrogen (secondary N) is 1. The van der Waals surface area contributed by atoms with E-state index < -0.39 is 0 Å². The lowest BCUT2D eigenvalue weighted by atomic mass is 10.3. The molecule has 0 aliphatic carbocycles. The molecular formula is C7H13BrN4. The van der Waals surface area contributed by atoms with Gasteiger partial charge in [-0.1, -0.05) is 0 Å². The summed E-state index contributed by atoms with van der Waals surface area (Å²) >= 11 is 3.47. The van der Waals surface area contributed by atoms with Crippen molar-refractivity contribution in [2.75, 3.05) is 6.67 Å². The number of hydrogen-bond acceptors (Lipinski definition) is 3. The summed E-state index contributed by atoms with van der Waals surface area (Å²) in [5, 5.41) is 7.30. The molecule has 0 aliphatic heterocycles. The summed E-state index contributed by atoms with van der Waals surface area (Å²) in [7, 11) is 1.92. The quantitative estimate of drug-likeness (QED) is 0.747. The Bertz CT molecular complexity index is 269. The Labute approximate surface area is 80.3 Å². The lowest BCUT2D eigenvalue weighted by Crippen LogP contribution is -2.23. The van der Waals surface area contributed by atoms with Gasteiger partial charge in [-0.05, 0) is 22.9 Å². The summed E-state index contributed by atoms with van der Waals surface area (Å²) in [5.74, 6) is 0. The van der Waals surface area contributed by atoms with Crippen molar-refractivity contribution in [1.29, 1.82) is 0 Å². The van der Waals surface area contributed by atoms with E-state index in [0.717, 1.165) is 22.4 Å². The van der Waals surface area contributed by atoms with Crippen molar-refractivity contribution in [3.8, 4) is 0 Å². The van der Waals surface area contributed by atoms with Crippen molar-refractivity contribution in [3.05, 3.63) is 15.9 Å². The molecule has 1 aromatic rings. The van der Waals surface area contributed by atoms with Crippen LogP contribution in [-0.4, -0.2) is 16.4 Å². The van der Waals surface area contributed by atoms with Crippen LogP contribution in [0.3, 0.4) is 0 Å². The molecule has 0 atom stereocenters. The molecule has 0 radical (unpaired) electrons. The van der Waals surface area contributed by atoms with Gasteiger partial charge in [-0.2, -0.15) is 5.10 Å². The van der Waals surface area contributed by atoms with Crippen molar-refractivity contribution < 1.29 is 0 Å². The number of aryl methyl sites for hydroxylation is 2. The van der Waals surface area contributed by atoms with E-state index in [4.69, 9.17) is 5.73 Å². The van der Waals surface area contributed by atoms with Gasteiger partial charge in [0, 0.05) is 20.3 Å². The first kappa shape index (κ1) is 9.70. The van der Waals surface area contributed by atoms with Gasteiger partial charge in [-0.3, -0.25) is 10.00 Å². The van der Waals surface area contributed by atoms with Gasteiger partial charge in [0.1, 0.15) is 0 Å². The van der Waals surface area contributed by atoms with Crippen LogP contribution in [0.1, 0.15) is 11.4 Å². The van der Waals surface area contributed by atoms with Crippen molar-refractivity contribution in [3.63, 3.8) is 0 Å². The first-order valence-electron chi connectivity index (χ1n) is 3.75. The van der Waals surface area contributed by atoms with E-state index in [2.05, 4.69) is 26.3 Å². The highest BCUT2D eigenvalue weighted by molar-refractivity contribution is 9.10. The predicted molar refractivity (Wildman–Crippen MR) is 51.5 cm³/mol. The average Bonchev–Trinajstić information content (AvgIpc) is 2.25. The smallest absolute Gasteiger partial charge is 0.0739 e. The SMILES string of the molecule is Cc1nn(C)c(CNCN)c1Br. The first-order valence-corrected chi connectivity index (χ1v) is 4.55. The fourth-order valence-corrected chi connectivity index (χ4v) is 1.54. The van der Waals surface area contributed by atoms with Crippen LogP contribution in [0.2, 0.25) is 0 Å². The van der Waals surface area contributed by atoms with E-state index in [1.807, 2.05) is 18.7 Å². The van der Waals surface area contributed by atoms with E-state index in [1.165, 1.54) is 0 Å². The molecule has 5 heteroatoms. The molecule has 12 heavy (non-hydrogen) atoms. The fraction of sp³-hybridized carbons (Fsp3) is 0.571. The fourth-order valence-electron chi connectivity index (χ4n) is 1.06. The van der Waals surface area contributed by atoms with Gasteiger partial charge in [0.2, 0.25) is 0 Å². The summed E-state index contributed by atoms with van der Waals surface area (Å²) in [6, 6.07) is 0. The Morgan fingerprint density at radius 3 is 2.75 bits per heavy atom. The minimum absolute atomic E-state index is 0.483. The Kier molecular flexibility index (Phi) is 3.25. The Balaban J connectivity index is 2.82. The van der Waals surface area contributed by atoms with Crippen LogP contribution in [0, 0.1) is 6.92 Å². The average molecular weight is 233 g/mol. The number of nitrogens with zero attached hydrogens (tertiary/aromatic N) is 2. The zero-order valence-electron chi connectivity index (χ0n) is 7.26. The second kappa shape index (κ2) is 4.02. The summed E-state index contributed by atoms with van der Waals surface area (Å²) in [4.78, 5) is 0. The van der Waals surface area contributed by atoms with Crippen LogP contribution in [0.15, 0.2) is 4.47 Å². The van der Waals surface area contributed by atoms with Crippen LogP contribution in [0.25, 0.3) is 0 Å². The number of hydrogen-bond donors (Lipinski definition) is 2. The van der Waals surface area contributed by atoms with E-state index in [1.54, 1.807) is 0 Å². The molecule has 3 N–H and O–H groups in total. The van der Waals surface area contributed by atoms with Crippen molar-refractivity contribution in [1.82, 2.24) is 15.1 Å². The third kappa shape index (κ3) is 1.85. The maximum Gasteiger partial charge on any atom is 0.0739 e. The van der Waals surface area contributed by atoms with E-state index in [-0.39, 0.29) is 0 Å². The topological polar surface area (TPSA) is 55.9 Å². The Morgan fingerprint density at radius 2 is 2.33 bits per heavy atom. The summed E-state index contributed by atoms with van der Waals surface area (Å²) in [5.41, 5.74) is 7.46. The largest absolute Gasteiger partial charge is 0.318 e. The van der Waals surface area contributed by atoms with E-state index in [9.17, 15) is 0 Å². The number of rotatable bonds is 3. The summed E-state index contributed by atoms with van der Waals surface area (Å²) < 4.78 is 2.91. The van der Waals surface area contributed by atoms with Crippen molar-refractivity contribution >= 4 is 15.9 Å². The predicted octanol–water partition coefficient (Wildman–Crippen LogP) is 0.497. The van der Waals surface area contributed by atoms with Gasteiger partial charge in [0.05, 0.1) is 15.9 Å². The van der Waals surface area contributed by atoms with Gasteiger partial charge >= 0.3 is 0 Å². The van der Waals surface area contributed by atoms with Crippen LogP contribution < -0.4 is 11.1 Å². The van der Waals surface area contributed by atoms with Crippen LogP contribution in [0.5, 0.6) is 0 Å². The molecule has 1 rings (SSSR count). The van der Waals surface area contributed by atoms with Gasteiger partial charge < -0.3 is 5.73 Å². The van der Waals surface area contributed by atoms with Gasteiger partial charge in [0.25, 0.3) is 0 Å². The lowest BCUT2D eigenvalue weighted by Gasteiger charge is -2.02. The zero-order chi connectivity index (χ0) is 9.14. The van der Waals surface area contributed by atoms with Crippen LogP contribution in [0.4, 0.5) is 0 Å². The highest BCUT2D eigenvalue weighted by Crippen LogP contribution is 2.19. The molecule has 68 valence electrons. The molecule has 0 aliphatic rings. The number of aromatic nitrogens is 2. The number of nitrogens with two attached hydrogens (primary N) is 1. The highest BCUT2D eigenvalue weighted by atomic mass is 79.9. The lowest BCUT2D eigenvalue weighted by molar-refractivity contribution is 0.632. The minimum Gasteiger partial charge on any atom is -0.318 e. The normalized spacial score (nSPS) is 10.7. The third-order valence-corrected chi connectivity index (χ3v) is 2.73. The third-order valence-electron chi connectivity index (χ3n) is 1.70. The van der Waals surface area contributed by atoms with Crippen LogP contribution >= 0.6 is 15.9 Å². The van der Waals surface area contributed by atoms with E-state index in [0.29, 0.717) is 6.67 Å². The number of halogens is 1. The first-order chi connectivity index (χ1) is 5.66. The molecule has 0 unspecified atom stereocenters. The highest BCUT2D eigenvalue weighted by Gasteiger charge is 2.08. The second-order valence-electron chi connectivity index (χ2n) is 2.60. The second-order valence-corrected chi connectivity index (χ2v) is 3.39. The van der Waals surface area contributed by atoms with E-state index >= 15 is 0 Å². The summed E-state index contributed by atoms with van der Waals surface area (Å²) in [6.45, 7) is 3.20. The molecule has 1 aromatic heterocycles. The molecule has 0 saturated carbocycles. The molecule has 0 aromatic carbocycles. The molecule has 4 nitrogen and oxygen atoms in total. The molecule has 0 amide bonds. The Morgan fingerprint density at radius 1 is 1.67 bits per heavy atom. The van der Waals surface area contributed by atoms with Crippen molar-refractivity contribution in [2.45, 2.75) is 13.5 Å². The van der Waals surface area contributed by atoms with Gasteiger partial charge in [-0.15, -0.1) is 0 Å². The molecule has 0 spiro atoms.